The van der Waals surface area contributed by atoms with E-state index in [9.17, 15) is 13.2 Å². The van der Waals surface area contributed by atoms with Crippen LogP contribution in [0.3, 0.4) is 0 Å². The van der Waals surface area contributed by atoms with Crippen molar-refractivity contribution in [2.24, 2.45) is 0 Å². The standard InChI is InChI=1S/C10H14BrNO4S/c1-2-4-17(15,16)5-3-12-7-8(10(13)14)6-9(12)11/h6-7H,2-5H2,1H3,(H,13,14). The molecule has 0 unspecified atom stereocenters. The maximum atomic E-state index is 11.5. The topological polar surface area (TPSA) is 76.4 Å². The minimum Gasteiger partial charge on any atom is -0.478 e. The van der Waals surface area contributed by atoms with Gasteiger partial charge in [-0.1, -0.05) is 6.92 Å². The Balaban J connectivity index is 2.73. The molecule has 96 valence electrons. The van der Waals surface area contributed by atoms with Crippen molar-refractivity contribution in [1.29, 1.82) is 0 Å². The maximum Gasteiger partial charge on any atom is 0.337 e. The minimum absolute atomic E-state index is 0.0210. The van der Waals surface area contributed by atoms with Crippen LogP contribution in [-0.2, 0) is 16.4 Å². The Kier molecular flexibility index (Phi) is 4.76. The number of halogens is 1. The third-order valence-electron chi connectivity index (χ3n) is 2.25. The van der Waals surface area contributed by atoms with Crippen LogP contribution in [0.25, 0.3) is 0 Å². The summed E-state index contributed by atoms with van der Waals surface area (Å²) in [5.74, 6) is -0.842. The number of aromatic carboxylic acids is 1. The van der Waals surface area contributed by atoms with Crippen LogP contribution in [0.4, 0.5) is 0 Å². The van der Waals surface area contributed by atoms with Crippen LogP contribution in [0.2, 0.25) is 0 Å². The van der Waals surface area contributed by atoms with E-state index in [1.165, 1.54) is 12.3 Å². The average Bonchev–Trinajstić information content (AvgIpc) is 2.57. The van der Waals surface area contributed by atoms with Gasteiger partial charge in [-0.15, -0.1) is 0 Å². The smallest absolute Gasteiger partial charge is 0.337 e. The highest BCUT2D eigenvalue weighted by Crippen LogP contribution is 2.15. The molecule has 0 aliphatic carbocycles. The number of aromatic nitrogens is 1. The second kappa shape index (κ2) is 5.68. The molecule has 1 aromatic rings. The summed E-state index contributed by atoms with van der Waals surface area (Å²) in [6.07, 6.45) is 2.02. The minimum atomic E-state index is -3.05. The van der Waals surface area contributed by atoms with Crippen molar-refractivity contribution in [3.8, 4) is 0 Å². The van der Waals surface area contributed by atoms with Gasteiger partial charge in [-0.2, -0.15) is 0 Å². The summed E-state index contributed by atoms with van der Waals surface area (Å²) in [7, 11) is -3.05. The number of carboxylic acids is 1. The lowest BCUT2D eigenvalue weighted by molar-refractivity contribution is 0.0697. The van der Waals surface area contributed by atoms with E-state index in [1.54, 1.807) is 4.57 Å². The van der Waals surface area contributed by atoms with Gasteiger partial charge in [-0.3, -0.25) is 0 Å². The summed E-state index contributed by atoms with van der Waals surface area (Å²) in [6, 6.07) is 1.45. The fraction of sp³-hybridized carbons (Fsp3) is 0.500. The number of sulfone groups is 1. The molecule has 0 amide bonds. The van der Waals surface area contributed by atoms with Gasteiger partial charge < -0.3 is 9.67 Å². The summed E-state index contributed by atoms with van der Waals surface area (Å²) in [6.45, 7) is 2.07. The van der Waals surface area contributed by atoms with Crippen LogP contribution in [-0.4, -0.2) is 35.6 Å². The maximum absolute atomic E-state index is 11.5. The van der Waals surface area contributed by atoms with Crippen LogP contribution in [0, 0.1) is 0 Å². The molecule has 5 nitrogen and oxygen atoms in total. The molecule has 0 fully saturated rings. The molecular weight excluding hydrogens is 310 g/mol. The number of hydrogen-bond donors (Lipinski definition) is 1. The van der Waals surface area contributed by atoms with Crippen molar-refractivity contribution in [2.45, 2.75) is 19.9 Å². The number of carboxylic acid groups (broad SMARTS) is 1. The van der Waals surface area contributed by atoms with E-state index in [2.05, 4.69) is 15.9 Å². The van der Waals surface area contributed by atoms with Crippen LogP contribution in [0.1, 0.15) is 23.7 Å². The van der Waals surface area contributed by atoms with Crippen molar-refractivity contribution in [3.05, 3.63) is 22.4 Å². The zero-order valence-corrected chi connectivity index (χ0v) is 11.8. The summed E-state index contributed by atoms with van der Waals surface area (Å²) < 4.78 is 25.2. The van der Waals surface area contributed by atoms with E-state index in [1.807, 2.05) is 6.92 Å². The Bertz CT molecular complexity index is 506. The normalized spacial score (nSPS) is 11.6. The molecule has 0 radical (unpaired) electrons. The van der Waals surface area contributed by atoms with Crippen LogP contribution in [0.15, 0.2) is 16.9 Å². The second-order valence-electron chi connectivity index (χ2n) is 3.70. The number of carbonyl (C=O) groups is 1. The van der Waals surface area contributed by atoms with E-state index in [4.69, 9.17) is 5.11 Å². The lowest BCUT2D eigenvalue weighted by atomic mass is 10.4. The molecule has 1 rings (SSSR count). The Hall–Kier alpha value is -0.820. The van der Waals surface area contributed by atoms with Gasteiger partial charge in [0.25, 0.3) is 0 Å². The van der Waals surface area contributed by atoms with Gasteiger partial charge in [0.2, 0.25) is 0 Å². The Morgan fingerprint density at radius 3 is 2.59 bits per heavy atom. The third-order valence-corrected chi connectivity index (χ3v) is 4.77. The summed E-state index contributed by atoms with van der Waals surface area (Å²) in [5.41, 5.74) is 0.143. The van der Waals surface area contributed by atoms with Crippen molar-refractivity contribution in [2.75, 3.05) is 11.5 Å². The number of hydrogen-bond acceptors (Lipinski definition) is 3. The first-order chi connectivity index (χ1) is 7.85. The van der Waals surface area contributed by atoms with E-state index in [-0.39, 0.29) is 23.6 Å². The molecule has 1 aromatic heterocycles. The predicted octanol–water partition coefficient (Wildman–Crippen LogP) is 1.77. The Labute approximate surface area is 108 Å². The third kappa shape index (κ3) is 4.16. The van der Waals surface area contributed by atoms with E-state index >= 15 is 0 Å². The lowest BCUT2D eigenvalue weighted by Gasteiger charge is -2.05. The quantitative estimate of drug-likeness (QED) is 0.865. The van der Waals surface area contributed by atoms with Crippen molar-refractivity contribution in [3.63, 3.8) is 0 Å². The molecule has 0 saturated heterocycles. The molecule has 0 aliphatic rings. The first-order valence-electron chi connectivity index (χ1n) is 5.15. The van der Waals surface area contributed by atoms with E-state index in [0.29, 0.717) is 11.0 Å². The Morgan fingerprint density at radius 2 is 2.12 bits per heavy atom. The first-order valence-corrected chi connectivity index (χ1v) is 7.76. The molecule has 0 aliphatic heterocycles. The molecule has 0 spiro atoms. The average molecular weight is 324 g/mol. The SMILES string of the molecule is CCCS(=O)(=O)CCn1cc(C(=O)O)cc1Br. The molecule has 1 heterocycles. The molecule has 0 bridgehead atoms. The summed E-state index contributed by atoms with van der Waals surface area (Å²) in [5, 5.41) is 8.78. The van der Waals surface area contributed by atoms with Crippen LogP contribution < -0.4 is 0 Å². The highest BCUT2D eigenvalue weighted by atomic mass is 79.9. The largest absolute Gasteiger partial charge is 0.478 e. The first kappa shape index (κ1) is 14.2. The Morgan fingerprint density at radius 1 is 1.47 bits per heavy atom. The number of aryl methyl sites for hydroxylation is 1. The molecule has 7 heteroatoms. The second-order valence-corrected chi connectivity index (χ2v) is 6.82. The van der Waals surface area contributed by atoms with Gasteiger partial charge >= 0.3 is 5.97 Å². The van der Waals surface area contributed by atoms with E-state index < -0.39 is 15.8 Å². The van der Waals surface area contributed by atoms with Gasteiger partial charge in [-0.25, -0.2) is 13.2 Å². The fourth-order valence-corrected chi connectivity index (χ4v) is 3.24. The molecule has 1 N–H and O–H groups in total. The zero-order valence-electron chi connectivity index (χ0n) is 9.39. The highest BCUT2D eigenvalue weighted by Gasteiger charge is 2.13. The number of nitrogens with zero attached hydrogens (tertiary/aromatic N) is 1. The highest BCUT2D eigenvalue weighted by molar-refractivity contribution is 9.10. The lowest BCUT2D eigenvalue weighted by Crippen LogP contribution is -2.15. The fourth-order valence-electron chi connectivity index (χ4n) is 1.42. The number of rotatable bonds is 6. The van der Waals surface area contributed by atoms with Gasteiger partial charge in [0.1, 0.15) is 0 Å². The zero-order chi connectivity index (χ0) is 13.1. The van der Waals surface area contributed by atoms with Crippen LogP contribution in [0.5, 0.6) is 0 Å². The predicted molar refractivity (Wildman–Crippen MR) is 68.0 cm³/mol. The van der Waals surface area contributed by atoms with Gasteiger partial charge in [0, 0.05) is 18.5 Å². The molecular formula is C10H14BrNO4S. The molecule has 0 saturated carbocycles. The van der Waals surface area contributed by atoms with Gasteiger partial charge in [0.15, 0.2) is 9.84 Å². The van der Waals surface area contributed by atoms with Crippen molar-refractivity contribution < 1.29 is 18.3 Å². The van der Waals surface area contributed by atoms with Gasteiger partial charge in [-0.05, 0) is 28.4 Å². The monoisotopic (exact) mass is 323 g/mol. The van der Waals surface area contributed by atoms with E-state index in [0.717, 1.165) is 0 Å². The van der Waals surface area contributed by atoms with Crippen molar-refractivity contribution in [1.82, 2.24) is 4.57 Å². The van der Waals surface area contributed by atoms with Crippen LogP contribution >= 0.6 is 15.9 Å². The molecule has 0 aromatic carbocycles. The summed E-state index contributed by atoms with van der Waals surface area (Å²) in [4.78, 5) is 10.7. The summed E-state index contributed by atoms with van der Waals surface area (Å²) >= 11 is 3.20. The molecule has 0 atom stereocenters. The molecule has 17 heavy (non-hydrogen) atoms. The van der Waals surface area contributed by atoms with Gasteiger partial charge in [0.05, 0.1) is 15.9 Å². The van der Waals surface area contributed by atoms with Crippen molar-refractivity contribution >= 4 is 31.7 Å².